The first kappa shape index (κ1) is 12.5. The SMILES string of the molecule is Cc1occc1C(=O)N1C2CCC1CN(CC1CC1)C2. The quantitative estimate of drug-likeness (QED) is 0.848. The third-order valence-corrected chi connectivity index (χ3v) is 5.09. The number of piperazine rings is 1. The topological polar surface area (TPSA) is 36.7 Å². The van der Waals surface area contributed by atoms with Gasteiger partial charge in [-0.25, -0.2) is 0 Å². The molecule has 20 heavy (non-hydrogen) atoms. The monoisotopic (exact) mass is 274 g/mol. The molecule has 2 atom stereocenters. The molecule has 0 N–H and O–H groups in total. The Kier molecular flexibility index (Phi) is 2.88. The molecule has 2 bridgehead atoms. The van der Waals surface area contributed by atoms with Gasteiger partial charge >= 0.3 is 0 Å². The molecule has 3 heterocycles. The predicted octanol–water partition coefficient (Wildman–Crippen LogP) is 2.29. The Morgan fingerprint density at radius 3 is 2.50 bits per heavy atom. The third-order valence-electron chi connectivity index (χ3n) is 5.09. The van der Waals surface area contributed by atoms with Crippen molar-refractivity contribution in [2.75, 3.05) is 19.6 Å². The van der Waals surface area contributed by atoms with Crippen LogP contribution in [0.4, 0.5) is 0 Å². The molecule has 1 aromatic rings. The van der Waals surface area contributed by atoms with Gasteiger partial charge in [-0.3, -0.25) is 9.69 Å². The van der Waals surface area contributed by atoms with E-state index in [9.17, 15) is 4.79 Å². The van der Waals surface area contributed by atoms with Crippen molar-refractivity contribution in [2.24, 2.45) is 5.92 Å². The summed E-state index contributed by atoms with van der Waals surface area (Å²) in [6.07, 6.45) is 6.75. The Morgan fingerprint density at radius 1 is 1.25 bits per heavy atom. The molecule has 1 aromatic heterocycles. The summed E-state index contributed by atoms with van der Waals surface area (Å²) in [6, 6.07) is 2.64. The van der Waals surface area contributed by atoms with Crippen molar-refractivity contribution < 1.29 is 9.21 Å². The van der Waals surface area contributed by atoms with E-state index in [0.717, 1.165) is 43.2 Å². The molecule has 4 nitrogen and oxygen atoms in total. The molecule has 3 aliphatic rings. The molecule has 4 heteroatoms. The average Bonchev–Trinajstić information content (AvgIpc) is 3.07. The highest BCUT2D eigenvalue weighted by Gasteiger charge is 2.44. The maximum Gasteiger partial charge on any atom is 0.257 e. The molecule has 2 saturated heterocycles. The average molecular weight is 274 g/mol. The van der Waals surface area contributed by atoms with Gasteiger partial charge in [0.25, 0.3) is 5.91 Å². The zero-order valence-electron chi connectivity index (χ0n) is 12.0. The number of hydrogen-bond acceptors (Lipinski definition) is 3. The number of amides is 1. The fourth-order valence-electron chi connectivity index (χ4n) is 3.88. The number of rotatable bonds is 3. The molecule has 2 unspecified atom stereocenters. The van der Waals surface area contributed by atoms with Crippen molar-refractivity contribution in [2.45, 2.75) is 44.7 Å². The number of likely N-dealkylation sites (tertiary alicyclic amines) is 1. The second-order valence-electron chi connectivity index (χ2n) is 6.65. The smallest absolute Gasteiger partial charge is 0.257 e. The summed E-state index contributed by atoms with van der Waals surface area (Å²) < 4.78 is 5.29. The maximum atomic E-state index is 12.7. The van der Waals surface area contributed by atoms with Crippen LogP contribution in [-0.2, 0) is 0 Å². The van der Waals surface area contributed by atoms with Gasteiger partial charge in [-0.05, 0) is 44.6 Å². The van der Waals surface area contributed by atoms with Crippen LogP contribution in [0.5, 0.6) is 0 Å². The van der Waals surface area contributed by atoms with E-state index in [2.05, 4.69) is 9.80 Å². The lowest BCUT2D eigenvalue weighted by Crippen LogP contribution is -2.56. The van der Waals surface area contributed by atoms with Gasteiger partial charge in [-0.1, -0.05) is 0 Å². The molecule has 4 rings (SSSR count). The summed E-state index contributed by atoms with van der Waals surface area (Å²) in [7, 11) is 0. The molecule has 108 valence electrons. The number of carbonyl (C=O) groups excluding carboxylic acids is 1. The van der Waals surface area contributed by atoms with Gasteiger partial charge in [0, 0.05) is 31.7 Å². The first-order valence-corrected chi connectivity index (χ1v) is 7.81. The number of fused-ring (bicyclic) bond motifs is 2. The lowest BCUT2D eigenvalue weighted by molar-refractivity contribution is 0.0411. The highest BCUT2D eigenvalue weighted by molar-refractivity contribution is 5.95. The van der Waals surface area contributed by atoms with Crippen LogP contribution in [-0.4, -0.2) is 47.4 Å². The van der Waals surface area contributed by atoms with Crippen LogP contribution < -0.4 is 0 Å². The Labute approximate surface area is 119 Å². The summed E-state index contributed by atoms with van der Waals surface area (Å²) in [6.45, 7) is 5.25. The Balaban J connectivity index is 1.50. The van der Waals surface area contributed by atoms with E-state index in [1.54, 1.807) is 6.26 Å². The molecular weight excluding hydrogens is 252 g/mol. The first-order valence-electron chi connectivity index (χ1n) is 7.81. The van der Waals surface area contributed by atoms with Gasteiger partial charge in [0.05, 0.1) is 11.8 Å². The molecule has 1 saturated carbocycles. The van der Waals surface area contributed by atoms with Gasteiger partial charge < -0.3 is 9.32 Å². The minimum absolute atomic E-state index is 0.176. The largest absolute Gasteiger partial charge is 0.469 e. The van der Waals surface area contributed by atoms with Crippen molar-refractivity contribution >= 4 is 5.91 Å². The lowest BCUT2D eigenvalue weighted by atomic mass is 10.1. The van der Waals surface area contributed by atoms with Gasteiger partial charge in [-0.15, -0.1) is 0 Å². The lowest BCUT2D eigenvalue weighted by Gasteiger charge is -2.41. The molecule has 2 aliphatic heterocycles. The Bertz CT molecular complexity index is 506. The fraction of sp³-hybridized carbons (Fsp3) is 0.688. The predicted molar refractivity (Wildman–Crippen MR) is 75.6 cm³/mol. The summed E-state index contributed by atoms with van der Waals surface area (Å²) >= 11 is 0. The van der Waals surface area contributed by atoms with E-state index in [4.69, 9.17) is 4.42 Å². The standard InChI is InChI=1S/C16H22N2O2/c1-11-15(6-7-20-11)16(19)18-13-4-5-14(18)10-17(9-13)8-12-2-3-12/h6-7,12-14H,2-5,8-10H2,1H3. The van der Waals surface area contributed by atoms with E-state index in [1.165, 1.54) is 19.4 Å². The third kappa shape index (κ3) is 2.06. The van der Waals surface area contributed by atoms with Crippen molar-refractivity contribution in [1.82, 2.24) is 9.80 Å². The normalized spacial score (nSPS) is 29.9. The minimum Gasteiger partial charge on any atom is -0.469 e. The summed E-state index contributed by atoms with van der Waals surface area (Å²) in [4.78, 5) is 17.5. The Morgan fingerprint density at radius 2 is 1.95 bits per heavy atom. The number of nitrogens with zero attached hydrogens (tertiary/aromatic N) is 2. The van der Waals surface area contributed by atoms with Crippen LogP contribution in [0.1, 0.15) is 41.8 Å². The molecular formula is C16H22N2O2. The molecule has 0 spiro atoms. The van der Waals surface area contributed by atoms with Gasteiger partial charge in [0.2, 0.25) is 0 Å². The van der Waals surface area contributed by atoms with Crippen LogP contribution in [0.3, 0.4) is 0 Å². The summed E-state index contributed by atoms with van der Waals surface area (Å²) in [5.74, 6) is 1.86. The van der Waals surface area contributed by atoms with Gasteiger partial charge in [0.15, 0.2) is 0 Å². The van der Waals surface area contributed by atoms with Crippen molar-refractivity contribution in [3.63, 3.8) is 0 Å². The van der Waals surface area contributed by atoms with E-state index < -0.39 is 0 Å². The number of hydrogen-bond donors (Lipinski definition) is 0. The first-order chi connectivity index (χ1) is 9.72. The Hall–Kier alpha value is -1.29. The fourth-order valence-corrected chi connectivity index (χ4v) is 3.88. The maximum absolute atomic E-state index is 12.7. The van der Waals surface area contributed by atoms with E-state index in [-0.39, 0.29) is 5.91 Å². The van der Waals surface area contributed by atoms with Crippen LogP contribution in [0, 0.1) is 12.8 Å². The number of carbonyl (C=O) groups is 1. The highest BCUT2D eigenvalue weighted by atomic mass is 16.3. The van der Waals surface area contributed by atoms with Crippen LogP contribution in [0.15, 0.2) is 16.7 Å². The molecule has 0 aromatic carbocycles. The summed E-state index contributed by atoms with van der Waals surface area (Å²) in [5.41, 5.74) is 0.748. The van der Waals surface area contributed by atoms with Crippen molar-refractivity contribution in [1.29, 1.82) is 0 Å². The van der Waals surface area contributed by atoms with Crippen LogP contribution in [0.2, 0.25) is 0 Å². The minimum atomic E-state index is 0.176. The molecule has 1 amide bonds. The van der Waals surface area contributed by atoms with Gasteiger partial charge in [0.1, 0.15) is 5.76 Å². The van der Waals surface area contributed by atoms with E-state index >= 15 is 0 Å². The zero-order chi connectivity index (χ0) is 13.7. The number of aryl methyl sites for hydroxylation is 1. The molecule has 0 radical (unpaired) electrons. The van der Waals surface area contributed by atoms with Crippen LogP contribution in [0.25, 0.3) is 0 Å². The van der Waals surface area contributed by atoms with Crippen LogP contribution >= 0.6 is 0 Å². The molecule has 3 fully saturated rings. The second kappa shape index (κ2) is 4.62. The van der Waals surface area contributed by atoms with E-state index in [1.807, 2.05) is 13.0 Å². The van der Waals surface area contributed by atoms with E-state index in [0.29, 0.717) is 12.1 Å². The van der Waals surface area contributed by atoms with Gasteiger partial charge in [-0.2, -0.15) is 0 Å². The second-order valence-corrected chi connectivity index (χ2v) is 6.65. The highest BCUT2D eigenvalue weighted by Crippen LogP contribution is 2.35. The van der Waals surface area contributed by atoms with Crippen molar-refractivity contribution in [3.05, 3.63) is 23.7 Å². The summed E-state index contributed by atoms with van der Waals surface area (Å²) in [5, 5.41) is 0. The number of furan rings is 1. The van der Waals surface area contributed by atoms with Crippen molar-refractivity contribution in [3.8, 4) is 0 Å². The molecule has 1 aliphatic carbocycles. The zero-order valence-corrected chi connectivity index (χ0v) is 12.0.